The molecule has 26 nitrogen and oxygen atoms in total. The lowest BCUT2D eigenvalue weighted by Crippen LogP contribution is -2.46. The average molecular weight is 930 g/mol. The molecule has 0 saturated carbocycles. The lowest BCUT2D eigenvalue weighted by molar-refractivity contribution is -0.137. The number of carbonyl (C=O) groups is 3. The van der Waals surface area contributed by atoms with E-state index in [0.717, 1.165) is 35.1 Å². The summed E-state index contributed by atoms with van der Waals surface area (Å²) in [6, 6.07) is 5.86. The molecule has 1 aliphatic rings. The van der Waals surface area contributed by atoms with Gasteiger partial charge in [0.05, 0.1) is 25.1 Å². The van der Waals surface area contributed by atoms with Gasteiger partial charge < -0.3 is 61.1 Å². The molecule has 332 valence electrons. The number of phenols is 1. The molecule has 1 saturated heterocycles. The second-order valence-electron chi connectivity index (χ2n) is 13.3. The van der Waals surface area contributed by atoms with E-state index in [1.165, 1.54) is 26.0 Å². The van der Waals surface area contributed by atoms with E-state index in [-0.39, 0.29) is 53.6 Å². The molecule has 0 bridgehead atoms. The van der Waals surface area contributed by atoms with Crippen molar-refractivity contribution in [3.05, 3.63) is 48.6 Å². The molecule has 2 aromatic heterocycles. The number of amides is 2. The van der Waals surface area contributed by atoms with Crippen molar-refractivity contribution in [1.29, 1.82) is 0 Å². The number of carbonyl (C=O) groups excluding carboxylic acids is 3. The fourth-order valence-corrected chi connectivity index (χ4v) is 8.63. The number of fused-ring (bicyclic) bond motifs is 1. The number of imidazole rings is 1. The lowest BCUT2D eigenvalue weighted by Gasteiger charge is -2.30. The summed E-state index contributed by atoms with van der Waals surface area (Å²) in [5.74, 6) is -2.15. The van der Waals surface area contributed by atoms with Crippen LogP contribution in [-0.4, -0.2) is 133 Å². The number of ether oxygens (including phenoxy) is 1. The number of hydrogen-bond acceptors (Lipinski definition) is 20. The van der Waals surface area contributed by atoms with Crippen LogP contribution in [0.3, 0.4) is 0 Å². The Morgan fingerprint density at radius 1 is 1.05 bits per heavy atom. The van der Waals surface area contributed by atoms with E-state index in [4.69, 9.17) is 19.5 Å². The van der Waals surface area contributed by atoms with Gasteiger partial charge in [0, 0.05) is 36.8 Å². The number of phenolic OH excluding ortho intramolecular Hbond substituents is 1. The molecule has 0 aliphatic carbocycles. The number of aliphatic hydroxyl groups excluding tert-OH is 3. The summed E-state index contributed by atoms with van der Waals surface area (Å²) in [6.45, 7) is 0.146. The Balaban J connectivity index is 1.21. The highest BCUT2D eigenvalue weighted by atomic mass is 32.2. The summed E-state index contributed by atoms with van der Waals surface area (Å²) in [5.41, 5.74) is 4.26. The van der Waals surface area contributed by atoms with Gasteiger partial charge in [-0.1, -0.05) is 37.7 Å². The van der Waals surface area contributed by atoms with Crippen molar-refractivity contribution in [2.45, 2.75) is 50.9 Å². The van der Waals surface area contributed by atoms with E-state index >= 15 is 0 Å². The first-order valence-corrected chi connectivity index (χ1v) is 22.6. The van der Waals surface area contributed by atoms with E-state index in [9.17, 15) is 68.1 Å². The third-order valence-electron chi connectivity index (χ3n) is 8.18. The summed E-state index contributed by atoms with van der Waals surface area (Å²) >= 11 is 0.781. The van der Waals surface area contributed by atoms with Crippen LogP contribution in [0.4, 0.5) is 5.82 Å². The molecule has 0 radical (unpaired) electrons. The van der Waals surface area contributed by atoms with Crippen LogP contribution in [0.1, 0.15) is 32.1 Å². The fourth-order valence-electron chi connectivity index (χ4n) is 5.20. The number of nitrogens with zero attached hydrogens (tertiary/aromatic N) is 4. The van der Waals surface area contributed by atoms with E-state index in [0.29, 0.717) is 0 Å². The smallest absolute Gasteiger partial charge is 0.481 e. The fraction of sp³-hybridized carbons (Fsp3) is 0.467. The van der Waals surface area contributed by atoms with Gasteiger partial charge in [-0.25, -0.2) is 28.6 Å². The number of rotatable bonds is 21. The molecule has 4 rings (SSSR count). The molecule has 0 spiro atoms. The predicted octanol–water partition coefficient (Wildman–Crippen LogP) is -0.0306. The van der Waals surface area contributed by atoms with Crippen molar-refractivity contribution in [2.24, 2.45) is 5.41 Å². The molecule has 3 heterocycles. The van der Waals surface area contributed by atoms with Crippen molar-refractivity contribution in [3.63, 3.8) is 0 Å². The summed E-state index contributed by atoms with van der Waals surface area (Å²) in [5, 5.41) is 45.5. The maximum Gasteiger partial charge on any atom is 0.481 e. The number of nitrogens with one attached hydrogen (secondary N) is 2. The highest BCUT2D eigenvalue weighted by Gasteiger charge is 2.50. The summed E-state index contributed by atoms with van der Waals surface area (Å²) < 4.78 is 62.1. The highest BCUT2D eigenvalue weighted by molar-refractivity contribution is 8.14. The number of thioether (sulfide) groups is 1. The molecule has 7 atom stereocenters. The van der Waals surface area contributed by atoms with Gasteiger partial charge in [0.2, 0.25) is 16.9 Å². The van der Waals surface area contributed by atoms with E-state index in [1.54, 1.807) is 12.1 Å². The molecule has 3 aromatic rings. The third kappa shape index (κ3) is 13.8. The number of aromatic hydroxyl groups is 1. The van der Waals surface area contributed by atoms with Crippen molar-refractivity contribution in [1.82, 2.24) is 30.2 Å². The van der Waals surface area contributed by atoms with Crippen LogP contribution < -0.4 is 16.4 Å². The third-order valence-corrected chi connectivity index (χ3v) is 12.1. The first kappa shape index (κ1) is 48.8. The Hall–Kier alpha value is -3.88. The number of phosphoric acid groups is 3. The summed E-state index contributed by atoms with van der Waals surface area (Å²) in [4.78, 5) is 87.8. The van der Waals surface area contributed by atoms with E-state index in [2.05, 4.69) is 34.4 Å². The van der Waals surface area contributed by atoms with Gasteiger partial charge in [-0.05, 0) is 12.1 Å². The van der Waals surface area contributed by atoms with Gasteiger partial charge in [0.15, 0.2) is 17.7 Å². The largest absolute Gasteiger partial charge is 0.507 e. The SMILES string of the molecule is CC(C)(COP(=O)(O)OP(=O)(O)OC[C@H]1O[C@@H](n2cnc3c(N)ncnc32)[C@H](O)[C@@H]1OP(=O)(O)O)[C@@H](O)C(=O)NCCC(=O)NCCSC(=O)/C=C(\O)c1ccccc1O. The van der Waals surface area contributed by atoms with Crippen LogP contribution in [-0.2, 0) is 50.7 Å². The first-order valence-electron chi connectivity index (χ1n) is 17.1. The van der Waals surface area contributed by atoms with E-state index in [1.807, 2.05) is 0 Å². The molecule has 1 aliphatic heterocycles. The maximum absolute atomic E-state index is 12.7. The number of hydrogen-bond donors (Lipinski definition) is 11. The molecular formula is C30H42N7O19P3S. The van der Waals surface area contributed by atoms with Crippen LogP contribution in [0.5, 0.6) is 5.75 Å². The Morgan fingerprint density at radius 3 is 2.42 bits per heavy atom. The first-order chi connectivity index (χ1) is 27.9. The molecule has 60 heavy (non-hydrogen) atoms. The average Bonchev–Trinajstić information content (AvgIpc) is 3.71. The van der Waals surface area contributed by atoms with E-state index < -0.39 is 95.4 Å². The Labute approximate surface area is 343 Å². The molecule has 30 heteroatoms. The number of anilines is 1. The second-order valence-corrected chi connectivity index (χ2v) is 18.6. The molecule has 12 N–H and O–H groups in total. The highest BCUT2D eigenvalue weighted by Crippen LogP contribution is 2.61. The Bertz CT molecular complexity index is 2210. The number of para-hydroxylation sites is 1. The second kappa shape index (κ2) is 20.3. The number of phosphoric ester groups is 3. The van der Waals surface area contributed by atoms with Crippen LogP contribution in [0.2, 0.25) is 0 Å². The predicted molar refractivity (Wildman–Crippen MR) is 206 cm³/mol. The van der Waals surface area contributed by atoms with Crippen molar-refractivity contribution in [2.75, 3.05) is 37.8 Å². The van der Waals surface area contributed by atoms with Crippen molar-refractivity contribution in [3.8, 4) is 5.75 Å². The maximum atomic E-state index is 12.7. The number of benzene rings is 1. The summed E-state index contributed by atoms with van der Waals surface area (Å²) in [7, 11) is -16.5. The molecule has 1 fully saturated rings. The van der Waals surface area contributed by atoms with Crippen molar-refractivity contribution >= 4 is 74.9 Å². The zero-order valence-electron chi connectivity index (χ0n) is 31.4. The Kier molecular flexibility index (Phi) is 16.5. The zero-order valence-corrected chi connectivity index (χ0v) is 34.9. The van der Waals surface area contributed by atoms with Gasteiger partial charge in [-0.3, -0.25) is 32.5 Å². The minimum atomic E-state index is -5.60. The Morgan fingerprint density at radius 2 is 1.73 bits per heavy atom. The molecule has 2 unspecified atom stereocenters. The van der Waals surface area contributed by atoms with Gasteiger partial charge in [-0.15, -0.1) is 0 Å². The standard InChI is InChI=1S/C30H42N7O19P3S/c1-30(2,25(43)28(44)33-8-7-20(40)32-9-10-60-21(41)11-18(39)16-5-3-4-6-17(16)38)13-53-59(50,51)56-58(48,49)52-12-19-24(55-57(45,46)47)23(42)29(54-19)37-15-36-22-26(31)34-14-35-27(22)37/h3-6,11,14-15,19,23-25,29,38-39,42-43H,7-10,12-13H2,1-2H3,(H,32,40)(H,33,44)(H,48,49)(H,50,51)(H2,31,34,35)(H2,45,46,47)/b18-11-/t19-,23-,24-,25+,29-/m1/s1. The lowest BCUT2D eigenvalue weighted by atomic mass is 9.87. The van der Waals surface area contributed by atoms with Crippen LogP contribution in [0.25, 0.3) is 16.9 Å². The molecular weight excluding hydrogens is 887 g/mol. The monoisotopic (exact) mass is 929 g/mol. The number of aromatic nitrogens is 4. The topological polar surface area (TPSA) is 404 Å². The van der Waals surface area contributed by atoms with Gasteiger partial charge in [-0.2, -0.15) is 4.31 Å². The van der Waals surface area contributed by atoms with Crippen LogP contribution in [0.15, 0.2) is 43.0 Å². The quantitative estimate of drug-likeness (QED) is 0.0289. The minimum absolute atomic E-state index is 0.0183. The number of aliphatic hydroxyl groups is 3. The number of nitrogens with two attached hydrogens (primary N) is 1. The van der Waals surface area contributed by atoms with Crippen molar-refractivity contribution < 1.29 is 90.7 Å². The van der Waals surface area contributed by atoms with Crippen LogP contribution in [0, 0.1) is 5.41 Å². The van der Waals surface area contributed by atoms with Gasteiger partial charge >= 0.3 is 23.5 Å². The van der Waals surface area contributed by atoms with Gasteiger partial charge in [0.1, 0.15) is 47.8 Å². The molecule has 2 amide bonds. The minimum Gasteiger partial charge on any atom is -0.507 e. The van der Waals surface area contributed by atoms with Crippen LogP contribution >= 0.6 is 35.2 Å². The van der Waals surface area contributed by atoms with Gasteiger partial charge in [0.25, 0.3) is 0 Å². The number of nitrogen functional groups attached to an aromatic ring is 1. The normalized spacial score (nSPS) is 21.2. The molecule has 1 aromatic carbocycles. The zero-order chi connectivity index (χ0) is 44.6. The summed E-state index contributed by atoms with van der Waals surface area (Å²) in [6.07, 6.45) is -6.21.